The number of hydrogen-bond acceptors (Lipinski definition) is 4. The van der Waals surface area contributed by atoms with Crippen molar-refractivity contribution in [2.45, 2.75) is 91.4 Å². The number of amides is 2. The zero-order valence-corrected chi connectivity index (χ0v) is 20.1. The Balaban J connectivity index is 2.83. The molecular formula is C25H42N2O4. The van der Waals surface area contributed by atoms with E-state index in [0.717, 1.165) is 44.1 Å². The molecule has 0 aliphatic rings. The van der Waals surface area contributed by atoms with E-state index in [2.05, 4.69) is 19.2 Å². The Morgan fingerprint density at radius 1 is 0.968 bits per heavy atom. The predicted molar refractivity (Wildman–Crippen MR) is 125 cm³/mol. The maximum atomic E-state index is 13.4. The highest BCUT2D eigenvalue weighted by Crippen LogP contribution is 2.10. The number of nitrogens with one attached hydrogen (secondary N) is 1. The largest absolute Gasteiger partial charge is 0.444 e. The molecule has 0 fully saturated rings. The molecule has 31 heavy (non-hydrogen) atoms. The summed E-state index contributed by atoms with van der Waals surface area (Å²) in [6.07, 6.45) is 5.65. The second-order valence-corrected chi connectivity index (χ2v) is 8.94. The number of ether oxygens (including phenoxy) is 2. The first-order valence-electron chi connectivity index (χ1n) is 11.7. The Morgan fingerprint density at radius 2 is 1.55 bits per heavy atom. The molecule has 0 unspecified atom stereocenters. The minimum atomic E-state index is -0.776. The van der Waals surface area contributed by atoms with Gasteiger partial charge in [0.2, 0.25) is 5.91 Å². The summed E-state index contributed by atoms with van der Waals surface area (Å²) in [6, 6.07) is 9.01. The van der Waals surface area contributed by atoms with Gasteiger partial charge in [-0.1, -0.05) is 69.9 Å². The van der Waals surface area contributed by atoms with Gasteiger partial charge in [-0.2, -0.15) is 0 Å². The van der Waals surface area contributed by atoms with Crippen LogP contribution in [0, 0.1) is 0 Å². The van der Waals surface area contributed by atoms with Crippen molar-refractivity contribution in [3.05, 3.63) is 35.9 Å². The molecule has 0 aromatic heterocycles. The Morgan fingerprint density at radius 3 is 2.06 bits per heavy atom. The quantitative estimate of drug-likeness (QED) is 0.403. The Bertz CT molecular complexity index is 618. The van der Waals surface area contributed by atoms with Crippen molar-refractivity contribution in [1.82, 2.24) is 10.2 Å². The second kappa shape index (κ2) is 14.8. The van der Waals surface area contributed by atoms with Crippen LogP contribution in [0.4, 0.5) is 4.79 Å². The lowest BCUT2D eigenvalue weighted by Crippen LogP contribution is -2.52. The van der Waals surface area contributed by atoms with E-state index in [-0.39, 0.29) is 12.5 Å². The lowest BCUT2D eigenvalue weighted by molar-refractivity contribution is -0.135. The van der Waals surface area contributed by atoms with E-state index in [1.165, 1.54) is 0 Å². The lowest BCUT2D eigenvalue weighted by Gasteiger charge is -2.29. The van der Waals surface area contributed by atoms with Gasteiger partial charge in [0.25, 0.3) is 0 Å². The van der Waals surface area contributed by atoms with Crippen LogP contribution in [0.1, 0.15) is 78.7 Å². The van der Waals surface area contributed by atoms with Crippen molar-refractivity contribution < 1.29 is 19.1 Å². The van der Waals surface area contributed by atoms with Crippen LogP contribution >= 0.6 is 0 Å². The molecule has 0 saturated carbocycles. The lowest BCUT2D eigenvalue weighted by atomic mass is 10.1. The zero-order chi connectivity index (χ0) is 23.1. The maximum Gasteiger partial charge on any atom is 0.408 e. The molecule has 6 heteroatoms. The number of nitrogens with zero attached hydrogens (tertiary/aromatic N) is 1. The number of unbranched alkanes of at least 4 members (excludes halogenated alkanes) is 4. The van der Waals surface area contributed by atoms with Gasteiger partial charge in [0.15, 0.2) is 0 Å². The molecule has 0 spiro atoms. The first-order chi connectivity index (χ1) is 14.8. The molecular weight excluding hydrogens is 392 g/mol. The molecule has 0 heterocycles. The Hall–Kier alpha value is -2.08. The molecule has 0 radical (unpaired) electrons. The highest BCUT2D eigenvalue weighted by atomic mass is 16.6. The molecule has 1 atom stereocenters. The molecule has 1 aromatic carbocycles. The van der Waals surface area contributed by atoms with Crippen LogP contribution < -0.4 is 5.32 Å². The molecule has 1 rings (SSSR count). The number of rotatable bonds is 14. The number of carbonyl (C=O) groups excluding carboxylic acids is 2. The van der Waals surface area contributed by atoms with Gasteiger partial charge >= 0.3 is 6.09 Å². The van der Waals surface area contributed by atoms with E-state index < -0.39 is 17.7 Å². The van der Waals surface area contributed by atoms with Crippen LogP contribution in [0.2, 0.25) is 0 Å². The molecule has 1 aromatic rings. The van der Waals surface area contributed by atoms with E-state index in [4.69, 9.17) is 9.47 Å². The van der Waals surface area contributed by atoms with Gasteiger partial charge in [-0.3, -0.25) is 4.79 Å². The standard InChI is InChI=1S/C25H42N2O4/c1-6-8-13-17-27(18-14-9-7-2)23(28)22(26-24(29)31-25(3,4)5)20-30-19-21-15-11-10-12-16-21/h10-12,15-16,22H,6-9,13-14,17-20H2,1-5H3,(H,26,29)/t22-/m0/s1. The fourth-order valence-corrected chi connectivity index (χ4v) is 3.15. The predicted octanol–water partition coefficient (Wildman–Crippen LogP) is 5.31. The number of hydrogen-bond donors (Lipinski definition) is 1. The van der Waals surface area contributed by atoms with Crippen LogP contribution in [0.15, 0.2) is 30.3 Å². The van der Waals surface area contributed by atoms with Crippen LogP contribution in [-0.4, -0.2) is 48.2 Å². The Labute approximate surface area is 188 Å². The molecule has 0 bridgehead atoms. The molecule has 0 saturated heterocycles. The summed E-state index contributed by atoms with van der Waals surface area (Å²) in [6.45, 7) is 11.6. The smallest absolute Gasteiger partial charge is 0.408 e. The van der Waals surface area contributed by atoms with Crippen LogP contribution in [0.3, 0.4) is 0 Å². The fraction of sp³-hybridized carbons (Fsp3) is 0.680. The van der Waals surface area contributed by atoms with Gasteiger partial charge < -0.3 is 19.7 Å². The van der Waals surface area contributed by atoms with Crippen molar-refractivity contribution in [3.8, 4) is 0 Å². The fourth-order valence-electron chi connectivity index (χ4n) is 3.15. The summed E-state index contributed by atoms with van der Waals surface area (Å²) in [5, 5.41) is 2.74. The van der Waals surface area contributed by atoms with Gasteiger partial charge in [0, 0.05) is 13.1 Å². The second-order valence-electron chi connectivity index (χ2n) is 8.94. The van der Waals surface area contributed by atoms with Crippen LogP contribution in [0.25, 0.3) is 0 Å². The summed E-state index contributed by atoms with van der Waals surface area (Å²) in [4.78, 5) is 27.6. The van der Waals surface area contributed by atoms with E-state index in [1.807, 2.05) is 35.2 Å². The number of carbonyl (C=O) groups is 2. The molecule has 2 amide bonds. The van der Waals surface area contributed by atoms with Gasteiger partial charge in [0.05, 0.1) is 13.2 Å². The molecule has 6 nitrogen and oxygen atoms in total. The van der Waals surface area contributed by atoms with Crippen molar-refractivity contribution in [1.29, 1.82) is 0 Å². The maximum absolute atomic E-state index is 13.4. The average Bonchev–Trinajstić information content (AvgIpc) is 2.71. The summed E-state index contributed by atoms with van der Waals surface area (Å²) < 4.78 is 11.2. The van der Waals surface area contributed by atoms with Gasteiger partial charge in [0.1, 0.15) is 11.6 Å². The van der Waals surface area contributed by atoms with E-state index >= 15 is 0 Å². The SMILES string of the molecule is CCCCCN(CCCCC)C(=O)[C@H](COCc1ccccc1)NC(=O)OC(C)(C)C. The van der Waals surface area contributed by atoms with Gasteiger partial charge in [-0.15, -0.1) is 0 Å². The topological polar surface area (TPSA) is 67.9 Å². The van der Waals surface area contributed by atoms with Crippen molar-refractivity contribution in [2.75, 3.05) is 19.7 Å². The first-order valence-corrected chi connectivity index (χ1v) is 11.7. The average molecular weight is 435 g/mol. The van der Waals surface area contributed by atoms with Crippen molar-refractivity contribution in [2.24, 2.45) is 0 Å². The highest BCUT2D eigenvalue weighted by Gasteiger charge is 2.28. The summed E-state index contributed by atoms with van der Waals surface area (Å²) >= 11 is 0. The van der Waals surface area contributed by atoms with Crippen molar-refractivity contribution >= 4 is 12.0 Å². The molecule has 0 aliphatic heterocycles. The first kappa shape index (κ1) is 27.0. The molecule has 1 N–H and O–H groups in total. The number of alkyl carbamates (subject to hydrolysis) is 1. The third-order valence-corrected chi connectivity index (χ3v) is 4.76. The van der Waals surface area contributed by atoms with Gasteiger partial charge in [-0.25, -0.2) is 4.79 Å². The molecule has 0 aliphatic carbocycles. The summed E-state index contributed by atoms with van der Waals surface area (Å²) in [5.74, 6) is -0.105. The molecule has 176 valence electrons. The van der Waals surface area contributed by atoms with Crippen LogP contribution in [-0.2, 0) is 20.9 Å². The third-order valence-electron chi connectivity index (χ3n) is 4.76. The number of benzene rings is 1. The zero-order valence-electron chi connectivity index (χ0n) is 20.1. The minimum Gasteiger partial charge on any atom is -0.444 e. The Kier molecular flexibility index (Phi) is 12.9. The highest BCUT2D eigenvalue weighted by molar-refractivity contribution is 5.86. The van der Waals surface area contributed by atoms with Crippen LogP contribution in [0.5, 0.6) is 0 Å². The van der Waals surface area contributed by atoms with Gasteiger partial charge in [-0.05, 0) is 39.2 Å². The van der Waals surface area contributed by atoms with E-state index in [9.17, 15) is 9.59 Å². The van der Waals surface area contributed by atoms with Crippen molar-refractivity contribution in [3.63, 3.8) is 0 Å². The third kappa shape index (κ3) is 12.4. The minimum absolute atomic E-state index is 0.102. The normalized spacial score (nSPS) is 12.3. The summed E-state index contributed by atoms with van der Waals surface area (Å²) in [7, 11) is 0. The van der Waals surface area contributed by atoms with E-state index in [1.54, 1.807) is 20.8 Å². The van der Waals surface area contributed by atoms with E-state index in [0.29, 0.717) is 19.7 Å². The summed E-state index contributed by atoms with van der Waals surface area (Å²) in [5.41, 5.74) is 0.388. The monoisotopic (exact) mass is 434 g/mol.